The van der Waals surface area contributed by atoms with Crippen LogP contribution in [0.4, 0.5) is 16.2 Å². The maximum atomic E-state index is 14.3. The number of carboxylic acids is 4. The number of carbonyl (C=O) groups excluding carboxylic acids is 3. The maximum absolute atomic E-state index is 14.3. The summed E-state index contributed by atoms with van der Waals surface area (Å²) in [5, 5.41) is 56.5. The molecule has 1 unspecified atom stereocenters. The fourth-order valence-corrected chi connectivity index (χ4v) is 6.84. The fraction of sp³-hybridized carbons (Fsp3) is 0.286. The highest BCUT2D eigenvalue weighted by Gasteiger charge is 2.62. The third-order valence-electron chi connectivity index (χ3n) is 9.17. The Morgan fingerprint density at radius 3 is 1.56 bits per heavy atom. The number of nitrogens with zero attached hydrogens (tertiary/aromatic N) is 2. The summed E-state index contributed by atoms with van der Waals surface area (Å²) in [4.78, 5) is 104. The molecular formula is C35H33N5O14. The smallest absolute Gasteiger partial charge is 0.347 e. The molecule has 0 saturated heterocycles. The second-order valence-corrected chi connectivity index (χ2v) is 12.5. The first-order chi connectivity index (χ1) is 25.6. The zero-order valence-corrected chi connectivity index (χ0v) is 28.1. The number of aliphatic carboxylic acids is 4. The molecule has 2 bridgehead atoms. The Morgan fingerprint density at radius 2 is 1.13 bits per heavy atom. The summed E-state index contributed by atoms with van der Waals surface area (Å²) < 4.78 is 0. The Labute approximate surface area is 304 Å². The topological polar surface area (TPSA) is 292 Å². The number of hydrogen-bond donors (Lipinski definition) is 7. The van der Waals surface area contributed by atoms with Gasteiger partial charge in [-0.05, 0) is 47.2 Å². The van der Waals surface area contributed by atoms with Crippen LogP contribution in [0.15, 0.2) is 72.8 Å². The van der Waals surface area contributed by atoms with Gasteiger partial charge in [0.15, 0.2) is 0 Å². The van der Waals surface area contributed by atoms with Gasteiger partial charge in [-0.15, -0.1) is 0 Å². The molecule has 3 aliphatic rings. The summed E-state index contributed by atoms with van der Waals surface area (Å²) in [6.07, 6.45) is -3.10. The van der Waals surface area contributed by atoms with Gasteiger partial charge in [-0.2, -0.15) is 5.06 Å². The van der Waals surface area contributed by atoms with Crippen LogP contribution in [-0.4, -0.2) is 84.2 Å². The number of anilines is 1. The van der Waals surface area contributed by atoms with E-state index in [0.717, 1.165) is 17.2 Å². The number of amides is 4. The van der Waals surface area contributed by atoms with Gasteiger partial charge in [0.1, 0.15) is 23.2 Å². The highest BCUT2D eigenvalue weighted by atomic mass is 16.7. The van der Waals surface area contributed by atoms with Crippen molar-refractivity contribution in [3.05, 3.63) is 105 Å². The standard InChI is InChI=1S/C35H33N5O14/c41-27(37-25(31(47)48)17-29(43)44)13-15-34-21-5-1-3-7-23(21)35(24-8-4-2-6-22(24)34,16-14-28(42)38-26(32(49)50)18-30(45)46)54-39(34)33(51)36-19-9-11-20(12-10-19)40(52)53/h1-12,25-26H,13-18H2,(H,36,51)(H,37,41)(H,38,42)(H,43,44)(H,45,46)(H,47,48)(H,49,50)/t25-,26?,34?,35?/m0/s1. The SMILES string of the molecule is O=C(O)CC(NC(=O)CCC12ON(C(=O)Nc3ccc([N+](=O)[O-])cc3)C(CCC(=O)N[C@@H](CC(=O)O)C(=O)O)(c3ccccc31)c1ccccc12)C(=O)O. The number of carbonyl (C=O) groups is 7. The molecule has 19 heteroatoms. The number of fused-ring (bicyclic) bond motifs is 1. The van der Waals surface area contributed by atoms with Crippen LogP contribution >= 0.6 is 0 Å². The zero-order chi connectivity index (χ0) is 39.4. The van der Waals surface area contributed by atoms with E-state index in [1.807, 2.05) is 0 Å². The number of non-ortho nitro benzene ring substituents is 1. The first-order valence-corrected chi connectivity index (χ1v) is 16.3. The predicted octanol–water partition coefficient (Wildman–Crippen LogP) is 2.52. The van der Waals surface area contributed by atoms with Crippen molar-refractivity contribution in [2.75, 3.05) is 5.32 Å². The van der Waals surface area contributed by atoms with Gasteiger partial charge in [0.2, 0.25) is 11.8 Å². The minimum atomic E-state index is -1.75. The first kappa shape index (κ1) is 38.3. The van der Waals surface area contributed by atoms with Gasteiger partial charge >= 0.3 is 29.9 Å². The number of hydrogen-bond acceptors (Lipinski definition) is 10. The highest BCUT2D eigenvalue weighted by Crippen LogP contribution is 2.61. The molecule has 0 radical (unpaired) electrons. The lowest BCUT2D eigenvalue weighted by molar-refractivity contribution is -0.384. The summed E-state index contributed by atoms with van der Waals surface area (Å²) in [5.41, 5.74) is -1.55. The molecule has 282 valence electrons. The van der Waals surface area contributed by atoms with E-state index in [9.17, 15) is 53.9 Å². The molecule has 3 aromatic carbocycles. The summed E-state index contributed by atoms with van der Waals surface area (Å²) in [7, 11) is 0. The second kappa shape index (κ2) is 15.4. The summed E-state index contributed by atoms with van der Waals surface area (Å²) in [5.74, 6) is -7.73. The van der Waals surface area contributed by atoms with Gasteiger partial charge in [-0.1, -0.05) is 48.5 Å². The fourth-order valence-electron chi connectivity index (χ4n) is 6.84. The molecule has 0 spiro atoms. The average Bonchev–Trinajstić information content (AvgIpc) is 3.12. The molecule has 1 aliphatic carbocycles. The molecule has 54 heavy (non-hydrogen) atoms. The number of nitrogens with one attached hydrogen (secondary N) is 3. The molecule has 6 rings (SSSR count). The van der Waals surface area contributed by atoms with Gasteiger partial charge in [0.05, 0.1) is 17.8 Å². The number of nitro groups is 1. The molecule has 2 heterocycles. The molecule has 2 aliphatic heterocycles. The third kappa shape index (κ3) is 7.51. The van der Waals surface area contributed by atoms with Crippen molar-refractivity contribution in [3.63, 3.8) is 0 Å². The largest absolute Gasteiger partial charge is 0.481 e. The van der Waals surface area contributed by atoms with Gasteiger partial charge in [0, 0.05) is 30.7 Å². The molecule has 0 aromatic heterocycles. The lowest BCUT2D eigenvalue weighted by Crippen LogP contribution is -2.64. The van der Waals surface area contributed by atoms with Gasteiger partial charge in [-0.3, -0.25) is 34.1 Å². The van der Waals surface area contributed by atoms with Crippen LogP contribution in [0, 0.1) is 10.1 Å². The lowest BCUT2D eigenvalue weighted by atomic mass is 9.61. The van der Waals surface area contributed by atoms with Crippen LogP contribution in [0.1, 0.15) is 60.8 Å². The molecule has 0 saturated carbocycles. The van der Waals surface area contributed by atoms with Crippen molar-refractivity contribution in [2.24, 2.45) is 0 Å². The van der Waals surface area contributed by atoms with Crippen molar-refractivity contribution >= 4 is 53.1 Å². The molecule has 19 nitrogen and oxygen atoms in total. The number of hydroxylamine groups is 2. The molecule has 2 atom stereocenters. The van der Waals surface area contributed by atoms with E-state index in [1.54, 1.807) is 48.5 Å². The van der Waals surface area contributed by atoms with Crippen molar-refractivity contribution in [3.8, 4) is 0 Å². The Hall–Kier alpha value is -6.89. The van der Waals surface area contributed by atoms with Crippen LogP contribution in [0.25, 0.3) is 0 Å². The molecular weight excluding hydrogens is 714 g/mol. The normalized spacial score (nSPS) is 18.9. The van der Waals surface area contributed by atoms with E-state index < -0.39 is 95.6 Å². The van der Waals surface area contributed by atoms with Crippen LogP contribution in [0.2, 0.25) is 0 Å². The summed E-state index contributed by atoms with van der Waals surface area (Å²) in [6, 6.07) is 13.9. The average molecular weight is 748 g/mol. The summed E-state index contributed by atoms with van der Waals surface area (Å²) in [6.45, 7) is 0. The number of rotatable bonds is 16. The van der Waals surface area contributed by atoms with Crippen LogP contribution in [0.5, 0.6) is 0 Å². The van der Waals surface area contributed by atoms with Crippen LogP contribution in [0.3, 0.4) is 0 Å². The van der Waals surface area contributed by atoms with Gasteiger partial charge in [-0.25, -0.2) is 14.4 Å². The van der Waals surface area contributed by atoms with Crippen molar-refractivity contribution in [2.45, 2.75) is 61.7 Å². The van der Waals surface area contributed by atoms with E-state index in [-0.39, 0.29) is 24.2 Å². The number of benzene rings is 3. The maximum Gasteiger partial charge on any atom is 0.347 e. The van der Waals surface area contributed by atoms with Crippen molar-refractivity contribution in [1.82, 2.24) is 15.7 Å². The monoisotopic (exact) mass is 747 g/mol. The Kier molecular flexibility index (Phi) is 10.9. The van der Waals surface area contributed by atoms with Gasteiger partial charge in [0.25, 0.3) is 5.69 Å². The summed E-state index contributed by atoms with van der Waals surface area (Å²) >= 11 is 0. The van der Waals surface area contributed by atoms with Crippen LogP contribution < -0.4 is 16.0 Å². The Bertz CT molecular complexity index is 1990. The minimum Gasteiger partial charge on any atom is -0.481 e. The van der Waals surface area contributed by atoms with E-state index >= 15 is 0 Å². The van der Waals surface area contributed by atoms with Crippen molar-refractivity contribution < 1.29 is 63.7 Å². The highest BCUT2D eigenvalue weighted by molar-refractivity contribution is 5.91. The molecule has 7 N–H and O–H groups in total. The predicted molar refractivity (Wildman–Crippen MR) is 182 cm³/mol. The second-order valence-electron chi connectivity index (χ2n) is 12.5. The molecule has 4 amide bonds. The third-order valence-corrected chi connectivity index (χ3v) is 9.17. The van der Waals surface area contributed by atoms with E-state index in [4.69, 9.17) is 15.1 Å². The van der Waals surface area contributed by atoms with Crippen LogP contribution in [-0.2, 0) is 44.7 Å². The Morgan fingerprint density at radius 1 is 0.685 bits per heavy atom. The Balaban J connectivity index is 1.58. The first-order valence-electron chi connectivity index (χ1n) is 16.3. The molecule has 0 fully saturated rings. The van der Waals surface area contributed by atoms with Gasteiger partial charge < -0.3 is 36.4 Å². The van der Waals surface area contributed by atoms with E-state index in [0.29, 0.717) is 22.3 Å². The molecule has 3 aromatic rings. The quantitative estimate of drug-likeness (QED) is 0.0819. The van der Waals surface area contributed by atoms with E-state index in [2.05, 4.69) is 16.0 Å². The van der Waals surface area contributed by atoms with Crippen molar-refractivity contribution in [1.29, 1.82) is 0 Å². The number of urea groups is 1. The number of nitro benzene ring substituents is 1. The minimum absolute atomic E-state index is 0.120. The lowest BCUT2D eigenvalue weighted by Gasteiger charge is -2.59. The number of carboxylic acid groups (broad SMARTS) is 4. The zero-order valence-electron chi connectivity index (χ0n) is 28.1. The van der Waals surface area contributed by atoms with E-state index in [1.165, 1.54) is 12.1 Å².